The molecule has 0 aliphatic heterocycles. The summed E-state index contributed by atoms with van der Waals surface area (Å²) in [6.45, 7) is 5.38. The van der Waals surface area contributed by atoms with E-state index in [0.717, 1.165) is 12.8 Å². The normalized spacial score (nSPS) is 20.9. The van der Waals surface area contributed by atoms with Gasteiger partial charge in [-0.05, 0) is 39.5 Å². The van der Waals surface area contributed by atoms with Crippen LogP contribution in [0, 0.1) is 5.92 Å². The lowest BCUT2D eigenvalue weighted by molar-refractivity contribution is -0.142. The summed E-state index contributed by atoms with van der Waals surface area (Å²) in [5.41, 5.74) is 4.72. The van der Waals surface area contributed by atoms with Gasteiger partial charge < -0.3 is 15.7 Å². The Bertz CT molecular complexity index is 257. The van der Waals surface area contributed by atoms with Crippen LogP contribution in [-0.2, 0) is 4.79 Å². The van der Waals surface area contributed by atoms with Gasteiger partial charge in [0.15, 0.2) is 0 Å². The quantitative estimate of drug-likeness (QED) is 0.709. The lowest BCUT2D eigenvalue weighted by Gasteiger charge is -2.39. The third kappa shape index (κ3) is 2.32. The van der Waals surface area contributed by atoms with Crippen molar-refractivity contribution >= 4 is 5.91 Å². The van der Waals surface area contributed by atoms with E-state index in [0.29, 0.717) is 5.92 Å². The molecule has 15 heavy (non-hydrogen) atoms. The van der Waals surface area contributed by atoms with Gasteiger partial charge in [-0.2, -0.15) is 0 Å². The number of nitrogens with two attached hydrogens (primary N) is 1. The number of likely N-dealkylation sites (N-methyl/N-ethyl adjacent to an activating group) is 1. The minimum absolute atomic E-state index is 0.0595. The maximum absolute atomic E-state index is 12.1. The molecule has 1 saturated carbocycles. The minimum atomic E-state index is -0.777. The fourth-order valence-corrected chi connectivity index (χ4v) is 1.60. The SMILES string of the molecule is CN(C(=O)C(C)(N)C1CC1)C(C)(C)CO. The van der Waals surface area contributed by atoms with Gasteiger partial charge in [0.25, 0.3) is 0 Å². The molecule has 1 aliphatic carbocycles. The number of hydrogen-bond acceptors (Lipinski definition) is 3. The van der Waals surface area contributed by atoms with Gasteiger partial charge in [-0.3, -0.25) is 4.79 Å². The van der Waals surface area contributed by atoms with Gasteiger partial charge in [0, 0.05) is 7.05 Å². The van der Waals surface area contributed by atoms with Crippen molar-refractivity contribution in [2.24, 2.45) is 11.7 Å². The van der Waals surface area contributed by atoms with E-state index in [1.807, 2.05) is 13.8 Å². The molecule has 0 aromatic rings. The molecule has 4 nitrogen and oxygen atoms in total. The van der Waals surface area contributed by atoms with E-state index >= 15 is 0 Å². The number of carbonyl (C=O) groups excluding carboxylic acids is 1. The first-order valence-corrected chi connectivity index (χ1v) is 5.41. The molecule has 1 unspecified atom stereocenters. The second kappa shape index (κ2) is 3.76. The molecule has 0 radical (unpaired) electrons. The number of rotatable bonds is 4. The number of aliphatic hydroxyl groups is 1. The van der Waals surface area contributed by atoms with Crippen LogP contribution in [0.25, 0.3) is 0 Å². The van der Waals surface area contributed by atoms with Crippen molar-refractivity contribution in [1.82, 2.24) is 4.90 Å². The van der Waals surface area contributed by atoms with Crippen molar-refractivity contribution in [2.45, 2.75) is 44.7 Å². The van der Waals surface area contributed by atoms with Crippen molar-refractivity contribution in [3.63, 3.8) is 0 Å². The van der Waals surface area contributed by atoms with Crippen molar-refractivity contribution in [2.75, 3.05) is 13.7 Å². The highest BCUT2D eigenvalue weighted by atomic mass is 16.3. The van der Waals surface area contributed by atoms with Gasteiger partial charge in [-0.1, -0.05) is 0 Å². The highest BCUT2D eigenvalue weighted by Gasteiger charge is 2.47. The molecule has 0 aromatic heterocycles. The second-order valence-electron chi connectivity index (χ2n) is 5.39. The average Bonchev–Trinajstić information content (AvgIpc) is 2.98. The summed E-state index contributed by atoms with van der Waals surface area (Å²) in [4.78, 5) is 13.7. The van der Waals surface area contributed by atoms with Gasteiger partial charge in [0.1, 0.15) is 0 Å². The van der Waals surface area contributed by atoms with Gasteiger partial charge in [-0.25, -0.2) is 0 Å². The monoisotopic (exact) mass is 214 g/mol. The maximum atomic E-state index is 12.1. The molecule has 88 valence electrons. The van der Waals surface area contributed by atoms with Crippen molar-refractivity contribution in [3.05, 3.63) is 0 Å². The van der Waals surface area contributed by atoms with Gasteiger partial charge in [0.05, 0.1) is 17.7 Å². The molecular formula is C11H22N2O2. The molecule has 1 fully saturated rings. The van der Waals surface area contributed by atoms with Crippen LogP contribution in [0.3, 0.4) is 0 Å². The summed E-state index contributed by atoms with van der Waals surface area (Å²) in [6.07, 6.45) is 2.07. The van der Waals surface area contributed by atoms with Crippen LogP contribution >= 0.6 is 0 Å². The fourth-order valence-electron chi connectivity index (χ4n) is 1.60. The third-order valence-corrected chi connectivity index (χ3v) is 3.49. The molecule has 3 N–H and O–H groups in total. The number of aliphatic hydroxyl groups excluding tert-OH is 1. The zero-order chi connectivity index (χ0) is 11.9. The van der Waals surface area contributed by atoms with E-state index in [1.54, 1.807) is 18.9 Å². The topological polar surface area (TPSA) is 66.6 Å². The highest BCUT2D eigenvalue weighted by molar-refractivity contribution is 5.86. The maximum Gasteiger partial charge on any atom is 0.242 e. The molecule has 0 bridgehead atoms. The third-order valence-electron chi connectivity index (χ3n) is 3.49. The largest absolute Gasteiger partial charge is 0.394 e. The molecule has 0 heterocycles. The van der Waals surface area contributed by atoms with E-state index in [-0.39, 0.29) is 12.5 Å². The molecule has 1 aliphatic rings. The molecule has 4 heteroatoms. The fraction of sp³-hybridized carbons (Fsp3) is 0.909. The molecule has 1 atom stereocenters. The predicted molar refractivity (Wildman–Crippen MR) is 59.3 cm³/mol. The van der Waals surface area contributed by atoms with Crippen LogP contribution in [-0.4, -0.2) is 40.6 Å². The number of carbonyl (C=O) groups is 1. The predicted octanol–water partition coefficient (Wildman–Crippen LogP) is 0.343. The summed E-state index contributed by atoms with van der Waals surface area (Å²) >= 11 is 0. The first-order valence-electron chi connectivity index (χ1n) is 5.41. The first kappa shape index (κ1) is 12.5. The zero-order valence-electron chi connectivity index (χ0n) is 10.1. The Morgan fingerprint density at radius 2 is 1.93 bits per heavy atom. The van der Waals surface area contributed by atoms with E-state index in [9.17, 15) is 9.90 Å². The van der Waals surface area contributed by atoms with E-state index < -0.39 is 11.1 Å². The Hall–Kier alpha value is -0.610. The van der Waals surface area contributed by atoms with Crippen LogP contribution in [0.4, 0.5) is 0 Å². The van der Waals surface area contributed by atoms with Gasteiger partial charge in [0.2, 0.25) is 5.91 Å². The van der Waals surface area contributed by atoms with Crippen LogP contribution in [0.2, 0.25) is 0 Å². The van der Waals surface area contributed by atoms with Crippen LogP contribution in [0.5, 0.6) is 0 Å². The summed E-state index contributed by atoms with van der Waals surface area (Å²) in [7, 11) is 1.70. The molecule has 1 amide bonds. The molecule has 0 saturated heterocycles. The number of nitrogens with zero attached hydrogens (tertiary/aromatic N) is 1. The summed E-state index contributed by atoms with van der Waals surface area (Å²) in [6, 6.07) is 0. The van der Waals surface area contributed by atoms with Crippen LogP contribution < -0.4 is 5.73 Å². The first-order chi connectivity index (χ1) is 6.73. The zero-order valence-corrected chi connectivity index (χ0v) is 10.1. The summed E-state index contributed by atoms with van der Waals surface area (Å²) in [5, 5.41) is 9.20. The Balaban J connectivity index is 2.75. The van der Waals surface area contributed by atoms with E-state index in [1.165, 1.54) is 0 Å². The van der Waals surface area contributed by atoms with Crippen molar-refractivity contribution in [1.29, 1.82) is 0 Å². The lowest BCUT2D eigenvalue weighted by atomic mass is 9.92. The molecule has 0 spiro atoms. The Morgan fingerprint density at radius 3 is 2.27 bits per heavy atom. The Morgan fingerprint density at radius 1 is 1.47 bits per heavy atom. The van der Waals surface area contributed by atoms with Gasteiger partial charge in [-0.15, -0.1) is 0 Å². The van der Waals surface area contributed by atoms with Crippen LogP contribution in [0.15, 0.2) is 0 Å². The smallest absolute Gasteiger partial charge is 0.242 e. The minimum Gasteiger partial charge on any atom is -0.394 e. The molecule has 0 aromatic carbocycles. The second-order valence-corrected chi connectivity index (χ2v) is 5.39. The van der Waals surface area contributed by atoms with Crippen molar-refractivity contribution < 1.29 is 9.90 Å². The number of amides is 1. The van der Waals surface area contributed by atoms with Crippen molar-refractivity contribution in [3.8, 4) is 0 Å². The molecular weight excluding hydrogens is 192 g/mol. The highest BCUT2D eigenvalue weighted by Crippen LogP contribution is 2.39. The van der Waals surface area contributed by atoms with E-state index in [4.69, 9.17) is 5.73 Å². The Labute approximate surface area is 91.4 Å². The lowest BCUT2D eigenvalue weighted by Crippen LogP contribution is -2.59. The number of hydrogen-bond donors (Lipinski definition) is 2. The Kier molecular flexibility index (Phi) is 3.12. The summed E-state index contributed by atoms with van der Waals surface area (Å²) in [5.74, 6) is 0.228. The average molecular weight is 214 g/mol. The van der Waals surface area contributed by atoms with E-state index in [2.05, 4.69) is 0 Å². The van der Waals surface area contributed by atoms with Crippen LogP contribution in [0.1, 0.15) is 33.6 Å². The summed E-state index contributed by atoms with van der Waals surface area (Å²) < 4.78 is 0. The molecule has 1 rings (SSSR count). The van der Waals surface area contributed by atoms with Gasteiger partial charge >= 0.3 is 0 Å². The standard InChI is InChI=1S/C11H22N2O2/c1-10(2,7-14)13(4)9(15)11(3,12)8-5-6-8/h8,14H,5-7,12H2,1-4H3.